The lowest BCUT2D eigenvalue weighted by molar-refractivity contribution is -0.258. The number of nitrogens with zero attached hydrogens (tertiary/aromatic N) is 2. The van der Waals surface area contributed by atoms with E-state index in [-0.39, 0.29) is 0 Å². The van der Waals surface area contributed by atoms with Crippen LogP contribution in [0.5, 0.6) is 0 Å². The van der Waals surface area contributed by atoms with Crippen molar-refractivity contribution in [1.29, 1.82) is 0 Å². The van der Waals surface area contributed by atoms with Crippen molar-refractivity contribution >= 4 is 6.03 Å². The summed E-state index contributed by atoms with van der Waals surface area (Å²) in [6, 6.07) is -3.84. The van der Waals surface area contributed by atoms with Crippen molar-refractivity contribution < 1.29 is 110 Å². The van der Waals surface area contributed by atoms with Gasteiger partial charge in [0.15, 0.2) is 0 Å². The minimum absolute atomic E-state index is 2.18. The van der Waals surface area contributed by atoms with E-state index in [1.165, 1.54) is 0 Å². The Hall–Kier alpha value is -2.41. The first-order chi connectivity index (χ1) is 18.9. The van der Waals surface area contributed by atoms with Gasteiger partial charge in [-0.25, -0.2) is 57.5 Å². The first-order valence-corrected chi connectivity index (χ1v) is 10.3. The van der Waals surface area contributed by atoms with Crippen molar-refractivity contribution in [3.05, 3.63) is 0 Å². The predicted molar refractivity (Wildman–Crippen MR) is 92.1 cm³/mol. The molecule has 4 atom stereocenters. The zero-order valence-electron chi connectivity index (χ0n) is 20.0. The SMILES string of the molecule is O=C(N(CC(F)(F)C(F)C(F)(F)F)CC(F)(F)C(F)C(F)(F)F)N(CC(F)(F)C(F)C(F)(F)F)CC(F)(F)C(F)C(F)(F)F. The molecule has 0 aliphatic rings. The smallest absolute Gasteiger partial charge is 0.312 e. The van der Waals surface area contributed by atoms with Gasteiger partial charge in [-0.2, -0.15) is 52.7 Å². The third-order valence-corrected chi connectivity index (χ3v) is 4.78. The maximum absolute atomic E-state index is 13.9. The second-order valence-corrected chi connectivity index (χ2v) is 8.66. The highest BCUT2D eigenvalue weighted by molar-refractivity contribution is 5.75. The molecule has 0 aromatic carbocycles. The van der Waals surface area contributed by atoms with Crippen LogP contribution in [0.1, 0.15) is 0 Å². The molecule has 0 spiro atoms. The molecular formula is C17H12F24N2O. The molecule has 0 aromatic heterocycles. The Bertz CT molecular complexity index is 808. The summed E-state index contributed by atoms with van der Waals surface area (Å²) in [5.41, 5.74) is 0. The highest BCUT2D eigenvalue weighted by atomic mass is 19.4. The summed E-state index contributed by atoms with van der Waals surface area (Å²) in [4.78, 5) is 7.99. The lowest BCUT2D eigenvalue weighted by Gasteiger charge is -2.39. The fourth-order valence-electron chi connectivity index (χ4n) is 2.88. The largest absolute Gasteiger partial charge is 0.425 e. The Morgan fingerprint density at radius 1 is 0.364 bits per heavy atom. The van der Waals surface area contributed by atoms with Gasteiger partial charge in [0.1, 0.15) is 0 Å². The van der Waals surface area contributed by atoms with Crippen LogP contribution in [0, 0.1) is 0 Å². The Morgan fingerprint density at radius 3 is 0.614 bits per heavy atom. The molecule has 264 valence electrons. The molecule has 0 aliphatic carbocycles. The van der Waals surface area contributed by atoms with Crippen LogP contribution in [-0.4, -0.2) is 115 Å². The molecule has 0 heterocycles. The quantitative estimate of drug-likeness (QED) is 0.189. The van der Waals surface area contributed by atoms with Gasteiger partial charge in [0.25, 0.3) is 24.7 Å². The maximum Gasteiger partial charge on any atom is 0.425 e. The number of alkyl halides is 24. The van der Waals surface area contributed by atoms with E-state index in [2.05, 4.69) is 0 Å². The van der Waals surface area contributed by atoms with Gasteiger partial charge in [0.05, 0.1) is 26.2 Å². The molecule has 0 radical (unpaired) electrons. The summed E-state index contributed by atoms with van der Waals surface area (Å²) in [5.74, 6) is -25.8. The fraction of sp³-hybridized carbons (Fsp3) is 0.941. The second-order valence-electron chi connectivity index (χ2n) is 8.66. The van der Waals surface area contributed by atoms with Crippen LogP contribution < -0.4 is 0 Å². The first kappa shape index (κ1) is 41.6. The Kier molecular flexibility index (Phi) is 12.1. The highest BCUT2D eigenvalue weighted by Crippen LogP contribution is 2.41. The summed E-state index contributed by atoms with van der Waals surface area (Å²) >= 11 is 0. The summed E-state index contributed by atoms with van der Waals surface area (Å²) in [6.07, 6.45) is -49.8. The average molecular weight is 716 g/mol. The number of hydrogen-bond donors (Lipinski definition) is 0. The standard InChI is InChI=1S/C17H12F24N2O/c18-5(14(30,31)32)10(22,23)1-42(2-11(24,25)6(19)15(33,34)35)9(44)43(3-12(26,27)7(20)16(36,37)38)4-13(28,29)8(21)17(39,40)41/h5-8H,1-4H2. The fourth-order valence-corrected chi connectivity index (χ4v) is 2.88. The molecule has 27 heteroatoms. The molecule has 0 aromatic rings. The van der Waals surface area contributed by atoms with Crippen LogP contribution in [0.3, 0.4) is 0 Å². The topological polar surface area (TPSA) is 23.6 Å². The summed E-state index contributed by atoms with van der Waals surface area (Å²) in [6.45, 7) is -15.2. The zero-order valence-corrected chi connectivity index (χ0v) is 20.0. The van der Waals surface area contributed by atoms with Gasteiger partial charge in [-0.3, -0.25) is 0 Å². The van der Waals surface area contributed by atoms with Crippen LogP contribution in [0.15, 0.2) is 0 Å². The minimum Gasteiger partial charge on any atom is -0.312 e. The molecular weight excluding hydrogens is 704 g/mol. The number of halogens is 24. The molecule has 0 saturated heterocycles. The van der Waals surface area contributed by atoms with E-state index in [0.717, 1.165) is 0 Å². The first-order valence-electron chi connectivity index (χ1n) is 10.3. The van der Waals surface area contributed by atoms with Gasteiger partial charge in [-0.1, -0.05) is 0 Å². The number of amides is 2. The third kappa shape index (κ3) is 10.9. The summed E-state index contributed by atoms with van der Waals surface area (Å²) in [5, 5.41) is 0. The van der Waals surface area contributed by atoms with Crippen molar-refractivity contribution in [2.24, 2.45) is 0 Å². The molecule has 0 N–H and O–H groups in total. The summed E-state index contributed by atoms with van der Waals surface area (Å²) < 4.78 is 313. The van der Waals surface area contributed by atoms with Crippen LogP contribution in [0.2, 0.25) is 0 Å². The number of carbonyl (C=O) groups is 1. The Morgan fingerprint density at radius 2 is 0.500 bits per heavy atom. The van der Waals surface area contributed by atoms with Crippen molar-refractivity contribution in [2.75, 3.05) is 26.2 Å². The number of hydrogen-bond acceptors (Lipinski definition) is 1. The van der Waals surface area contributed by atoms with Crippen molar-refractivity contribution in [3.63, 3.8) is 0 Å². The minimum atomic E-state index is -6.79. The number of carbonyl (C=O) groups excluding carboxylic acids is 1. The predicted octanol–water partition coefficient (Wildman–Crippen LogP) is 7.85. The Balaban J connectivity index is 7.19. The second kappa shape index (κ2) is 12.8. The van der Waals surface area contributed by atoms with Gasteiger partial charge in [0, 0.05) is 0 Å². The van der Waals surface area contributed by atoms with Crippen molar-refractivity contribution in [3.8, 4) is 0 Å². The summed E-state index contributed by atoms with van der Waals surface area (Å²) in [7, 11) is 0. The van der Waals surface area contributed by atoms with Crippen LogP contribution in [0.4, 0.5) is 110 Å². The zero-order chi connectivity index (χ0) is 35.9. The highest BCUT2D eigenvalue weighted by Gasteiger charge is 2.64. The molecule has 0 saturated carbocycles. The van der Waals surface area contributed by atoms with Gasteiger partial charge < -0.3 is 9.80 Å². The number of rotatable bonds is 12. The van der Waals surface area contributed by atoms with E-state index < -0.39 is 115 Å². The normalized spacial score (nSPS) is 17.6. The van der Waals surface area contributed by atoms with Gasteiger partial charge in [-0.15, -0.1) is 0 Å². The molecule has 2 amide bonds. The molecule has 0 fully saturated rings. The number of urea groups is 1. The van der Waals surface area contributed by atoms with E-state index in [1.807, 2.05) is 0 Å². The van der Waals surface area contributed by atoms with E-state index in [0.29, 0.717) is 0 Å². The molecule has 3 nitrogen and oxygen atoms in total. The van der Waals surface area contributed by atoms with Crippen LogP contribution in [0.25, 0.3) is 0 Å². The monoisotopic (exact) mass is 716 g/mol. The third-order valence-electron chi connectivity index (χ3n) is 4.78. The Labute approximate surface area is 226 Å². The molecule has 0 bridgehead atoms. The lowest BCUT2D eigenvalue weighted by atomic mass is 10.1. The van der Waals surface area contributed by atoms with E-state index in [4.69, 9.17) is 0 Å². The van der Waals surface area contributed by atoms with Crippen LogP contribution in [-0.2, 0) is 0 Å². The molecule has 44 heavy (non-hydrogen) atoms. The molecule has 0 rings (SSSR count). The average Bonchev–Trinajstić information content (AvgIpc) is 2.77. The van der Waals surface area contributed by atoms with Gasteiger partial charge in [-0.05, 0) is 0 Å². The maximum atomic E-state index is 13.9. The molecule has 4 unspecified atom stereocenters. The van der Waals surface area contributed by atoms with E-state index in [1.54, 1.807) is 0 Å². The van der Waals surface area contributed by atoms with Gasteiger partial charge >= 0.3 is 54.4 Å². The van der Waals surface area contributed by atoms with Crippen LogP contribution >= 0.6 is 0 Å². The van der Waals surface area contributed by atoms with E-state index in [9.17, 15) is 110 Å². The van der Waals surface area contributed by atoms with Gasteiger partial charge in [0.2, 0.25) is 0 Å². The van der Waals surface area contributed by atoms with Crippen molar-refractivity contribution in [1.82, 2.24) is 9.80 Å². The lowest BCUT2D eigenvalue weighted by Crippen LogP contribution is -2.62. The van der Waals surface area contributed by atoms with Crippen molar-refractivity contribution in [2.45, 2.75) is 73.1 Å². The van der Waals surface area contributed by atoms with E-state index >= 15 is 0 Å². The molecule has 0 aliphatic heterocycles.